The minimum Gasteiger partial charge on any atom is -0.336 e. The van der Waals surface area contributed by atoms with E-state index in [1.54, 1.807) is 11.0 Å². The quantitative estimate of drug-likeness (QED) is 0.827. The smallest absolute Gasteiger partial charge is 0.253 e. The van der Waals surface area contributed by atoms with Crippen LogP contribution in [0.1, 0.15) is 21.5 Å². The summed E-state index contributed by atoms with van der Waals surface area (Å²) in [6.45, 7) is 4.93. The normalized spacial score (nSPS) is 15.9. The zero-order chi connectivity index (χ0) is 18.9. The molecule has 1 aliphatic heterocycles. The molecule has 7 heteroatoms. The highest BCUT2D eigenvalue weighted by molar-refractivity contribution is 7.89. The highest BCUT2D eigenvalue weighted by Gasteiger charge is 2.30. The molecule has 0 spiro atoms. The van der Waals surface area contributed by atoms with Gasteiger partial charge in [-0.05, 0) is 55.3 Å². The third-order valence-corrected chi connectivity index (χ3v) is 6.61. The first-order valence-electron chi connectivity index (χ1n) is 8.41. The molecule has 0 atom stereocenters. The van der Waals surface area contributed by atoms with E-state index >= 15 is 0 Å². The molecule has 2 aromatic rings. The molecule has 1 aliphatic rings. The number of amides is 1. The molecule has 2 aromatic carbocycles. The number of nitrogens with zero attached hydrogens (tertiary/aromatic N) is 2. The Bertz CT molecular complexity index is 936. The molecule has 1 amide bonds. The van der Waals surface area contributed by atoms with Crippen LogP contribution < -0.4 is 0 Å². The molecule has 138 valence electrons. The van der Waals surface area contributed by atoms with Crippen molar-refractivity contribution in [1.82, 2.24) is 9.21 Å². The van der Waals surface area contributed by atoms with Gasteiger partial charge in [0.1, 0.15) is 5.82 Å². The number of carbonyl (C=O) groups excluding carboxylic acids is 1. The molecule has 5 nitrogen and oxygen atoms in total. The van der Waals surface area contributed by atoms with Crippen molar-refractivity contribution < 1.29 is 17.6 Å². The van der Waals surface area contributed by atoms with Crippen molar-refractivity contribution in [2.75, 3.05) is 26.2 Å². The molecular weight excluding hydrogens is 355 g/mol. The van der Waals surface area contributed by atoms with Gasteiger partial charge in [0.25, 0.3) is 5.91 Å². The van der Waals surface area contributed by atoms with Gasteiger partial charge in [-0.25, -0.2) is 12.8 Å². The Morgan fingerprint density at radius 3 is 2.27 bits per heavy atom. The maximum atomic E-state index is 13.3. The number of piperazine rings is 1. The van der Waals surface area contributed by atoms with Crippen molar-refractivity contribution in [3.05, 3.63) is 65.0 Å². The number of aryl methyl sites for hydroxylation is 2. The minimum atomic E-state index is -3.76. The summed E-state index contributed by atoms with van der Waals surface area (Å²) in [6.07, 6.45) is 0. The van der Waals surface area contributed by atoms with Gasteiger partial charge in [0, 0.05) is 31.7 Å². The second kappa shape index (κ2) is 7.17. The van der Waals surface area contributed by atoms with Crippen molar-refractivity contribution >= 4 is 15.9 Å². The van der Waals surface area contributed by atoms with Crippen molar-refractivity contribution in [1.29, 1.82) is 0 Å². The van der Waals surface area contributed by atoms with E-state index in [9.17, 15) is 17.6 Å². The number of rotatable bonds is 3. The lowest BCUT2D eigenvalue weighted by Gasteiger charge is -2.34. The SMILES string of the molecule is Cc1ccc(C(=O)N2CCN(S(=O)(=O)c3cccc(F)c3)CC2)cc1C. The van der Waals surface area contributed by atoms with Gasteiger partial charge < -0.3 is 4.90 Å². The molecule has 1 heterocycles. The summed E-state index contributed by atoms with van der Waals surface area (Å²) in [4.78, 5) is 14.2. The molecule has 3 rings (SSSR count). The van der Waals surface area contributed by atoms with E-state index in [0.717, 1.165) is 17.2 Å². The Morgan fingerprint density at radius 2 is 1.65 bits per heavy atom. The molecule has 0 aliphatic carbocycles. The number of carbonyl (C=O) groups is 1. The summed E-state index contributed by atoms with van der Waals surface area (Å²) >= 11 is 0. The van der Waals surface area contributed by atoms with Crippen molar-refractivity contribution in [3.63, 3.8) is 0 Å². The second-order valence-electron chi connectivity index (χ2n) is 6.45. The zero-order valence-corrected chi connectivity index (χ0v) is 15.6. The minimum absolute atomic E-state index is 0.0635. The summed E-state index contributed by atoms with van der Waals surface area (Å²) in [5.41, 5.74) is 2.77. The maximum absolute atomic E-state index is 13.3. The highest BCUT2D eigenvalue weighted by Crippen LogP contribution is 2.20. The van der Waals surface area contributed by atoms with Crippen molar-refractivity contribution in [3.8, 4) is 0 Å². The predicted molar refractivity (Wildman–Crippen MR) is 97.0 cm³/mol. The van der Waals surface area contributed by atoms with Gasteiger partial charge >= 0.3 is 0 Å². The number of hydrogen-bond acceptors (Lipinski definition) is 3. The number of hydrogen-bond donors (Lipinski definition) is 0. The standard InChI is InChI=1S/C19H21FN2O3S/c1-14-6-7-16(12-15(14)2)19(23)21-8-10-22(11-9-21)26(24,25)18-5-3-4-17(20)13-18/h3-7,12-13H,8-11H2,1-2H3. The molecule has 0 unspecified atom stereocenters. The van der Waals surface area contributed by atoms with Gasteiger partial charge in [-0.15, -0.1) is 0 Å². The van der Waals surface area contributed by atoms with Crippen molar-refractivity contribution in [2.24, 2.45) is 0 Å². The Balaban J connectivity index is 1.70. The lowest BCUT2D eigenvalue weighted by molar-refractivity contribution is 0.0698. The molecule has 1 saturated heterocycles. The Kier molecular flexibility index (Phi) is 5.11. The molecule has 0 aromatic heterocycles. The van der Waals surface area contributed by atoms with Crippen LogP contribution in [0.3, 0.4) is 0 Å². The number of benzene rings is 2. The highest BCUT2D eigenvalue weighted by atomic mass is 32.2. The molecule has 0 N–H and O–H groups in total. The van der Waals surface area contributed by atoms with Crippen LogP contribution >= 0.6 is 0 Å². The van der Waals surface area contributed by atoms with Gasteiger partial charge in [-0.3, -0.25) is 4.79 Å². The van der Waals surface area contributed by atoms with Crippen LogP contribution in [0.4, 0.5) is 4.39 Å². The van der Waals surface area contributed by atoms with Gasteiger partial charge in [-0.1, -0.05) is 12.1 Å². The number of halogens is 1. The van der Waals surface area contributed by atoms with E-state index in [4.69, 9.17) is 0 Å². The average Bonchev–Trinajstić information content (AvgIpc) is 2.63. The molecule has 1 fully saturated rings. The fourth-order valence-corrected chi connectivity index (χ4v) is 4.42. The van der Waals surface area contributed by atoms with E-state index in [1.807, 2.05) is 26.0 Å². The van der Waals surface area contributed by atoms with Gasteiger partial charge in [0.05, 0.1) is 4.90 Å². The van der Waals surface area contributed by atoms with Crippen LogP contribution in [-0.2, 0) is 10.0 Å². The number of sulfonamides is 1. The molecule has 0 saturated carbocycles. The lowest BCUT2D eigenvalue weighted by atomic mass is 10.1. The summed E-state index contributed by atoms with van der Waals surface area (Å²) in [6, 6.07) is 10.5. The second-order valence-corrected chi connectivity index (χ2v) is 8.39. The van der Waals surface area contributed by atoms with E-state index in [2.05, 4.69) is 0 Å². The third kappa shape index (κ3) is 3.64. The van der Waals surface area contributed by atoms with Gasteiger partial charge in [0.2, 0.25) is 10.0 Å². The van der Waals surface area contributed by atoms with Crippen LogP contribution in [0.2, 0.25) is 0 Å². The van der Waals surface area contributed by atoms with Crippen LogP contribution in [0.5, 0.6) is 0 Å². The van der Waals surface area contributed by atoms with Gasteiger partial charge in [0.15, 0.2) is 0 Å². The topological polar surface area (TPSA) is 57.7 Å². The predicted octanol–water partition coefficient (Wildman–Crippen LogP) is 2.59. The first-order chi connectivity index (χ1) is 12.3. The fraction of sp³-hybridized carbons (Fsp3) is 0.316. The summed E-state index contributed by atoms with van der Waals surface area (Å²) in [5.74, 6) is -0.689. The Hall–Kier alpha value is -2.25. The maximum Gasteiger partial charge on any atom is 0.253 e. The monoisotopic (exact) mass is 376 g/mol. The average molecular weight is 376 g/mol. The Morgan fingerprint density at radius 1 is 0.962 bits per heavy atom. The summed E-state index contributed by atoms with van der Waals surface area (Å²) in [5, 5.41) is 0. The molecule has 0 bridgehead atoms. The van der Waals surface area contributed by atoms with E-state index < -0.39 is 15.8 Å². The van der Waals surface area contributed by atoms with Crippen LogP contribution in [-0.4, -0.2) is 49.7 Å². The zero-order valence-electron chi connectivity index (χ0n) is 14.8. The first kappa shape index (κ1) is 18.5. The van der Waals surface area contributed by atoms with E-state index in [0.29, 0.717) is 18.7 Å². The van der Waals surface area contributed by atoms with Crippen LogP contribution in [0.25, 0.3) is 0 Å². The summed E-state index contributed by atoms with van der Waals surface area (Å²) < 4.78 is 39.9. The van der Waals surface area contributed by atoms with E-state index in [1.165, 1.54) is 22.5 Å². The van der Waals surface area contributed by atoms with E-state index in [-0.39, 0.29) is 23.9 Å². The third-order valence-electron chi connectivity index (χ3n) is 4.71. The van der Waals surface area contributed by atoms with Crippen LogP contribution in [0.15, 0.2) is 47.4 Å². The fourth-order valence-electron chi connectivity index (χ4n) is 2.97. The largest absolute Gasteiger partial charge is 0.336 e. The van der Waals surface area contributed by atoms with Crippen molar-refractivity contribution in [2.45, 2.75) is 18.7 Å². The summed E-state index contributed by atoms with van der Waals surface area (Å²) in [7, 11) is -3.76. The lowest BCUT2D eigenvalue weighted by Crippen LogP contribution is -2.50. The van der Waals surface area contributed by atoms with Gasteiger partial charge in [-0.2, -0.15) is 4.31 Å². The molecule has 26 heavy (non-hydrogen) atoms. The Labute approximate surface area is 153 Å². The first-order valence-corrected chi connectivity index (χ1v) is 9.85. The molecule has 0 radical (unpaired) electrons. The molecular formula is C19H21FN2O3S. The van der Waals surface area contributed by atoms with Crippen LogP contribution in [0, 0.1) is 19.7 Å².